The summed E-state index contributed by atoms with van der Waals surface area (Å²) >= 11 is 0. The molecule has 0 unspecified atom stereocenters. The van der Waals surface area contributed by atoms with Gasteiger partial charge < -0.3 is 10.2 Å². The topological polar surface area (TPSA) is 87.5 Å². The number of aryl methyl sites for hydroxylation is 2. The van der Waals surface area contributed by atoms with Crippen LogP contribution in [0.4, 0.5) is 0 Å². The Kier molecular flexibility index (Phi) is 6.22. The fraction of sp³-hybridized carbons (Fsp3) is 0.179. The van der Waals surface area contributed by atoms with Crippen LogP contribution < -0.4 is 0 Å². The molecule has 4 aromatic rings. The molecule has 0 atom stereocenters. The number of fused-ring (bicyclic) bond motifs is 1. The number of rotatable bonds is 7. The van der Waals surface area contributed by atoms with Crippen LogP contribution in [0.5, 0.6) is 0 Å². The van der Waals surface area contributed by atoms with E-state index in [-0.39, 0.29) is 5.56 Å². The molecule has 0 bridgehead atoms. The fourth-order valence-corrected chi connectivity index (χ4v) is 4.27. The normalized spacial score (nSPS) is 11.0. The van der Waals surface area contributed by atoms with Crippen LogP contribution in [-0.2, 0) is 12.8 Å². The predicted octanol–water partition coefficient (Wildman–Crippen LogP) is 6.15. The largest absolute Gasteiger partial charge is 0.478 e. The van der Waals surface area contributed by atoms with Crippen molar-refractivity contribution in [3.63, 3.8) is 0 Å². The third-order valence-electron chi connectivity index (χ3n) is 5.83. The summed E-state index contributed by atoms with van der Waals surface area (Å²) in [5.41, 5.74) is 6.19. The highest BCUT2D eigenvalue weighted by Gasteiger charge is 2.20. The van der Waals surface area contributed by atoms with Crippen molar-refractivity contribution in [3.05, 3.63) is 100 Å². The molecule has 2 N–H and O–H groups in total. The van der Waals surface area contributed by atoms with Gasteiger partial charge in [-0.25, -0.2) is 9.59 Å². The lowest BCUT2D eigenvalue weighted by Gasteiger charge is -2.16. The molecule has 33 heavy (non-hydrogen) atoms. The maximum Gasteiger partial charge on any atom is 0.336 e. The molecular weight excluding hydrogens is 414 g/mol. The van der Waals surface area contributed by atoms with Crippen molar-refractivity contribution in [3.8, 4) is 11.1 Å². The van der Waals surface area contributed by atoms with Crippen molar-refractivity contribution in [2.75, 3.05) is 0 Å². The second kappa shape index (κ2) is 9.25. The number of hydrogen-bond donors (Lipinski definition) is 2. The van der Waals surface area contributed by atoms with Crippen LogP contribution in [0.2, 0.25) is 0 Å². The van der Waals surface area contributed by atoms with Gasteiger partial charge in [-0.1, -0.05) is 67.4 Å². The molecule has 166 valence electrons. The average molecular weight is 440 g/mol. The number of carboxylic acids is 2. The lowest BCUT2D eigenvalue weighted by atomic mass is 9.91. The summed E-state index contributed by atoms with van der Waals surface area (Å²) in [6.45, 7) is 4.00. The first-order chi connectivity index (χ1) is 15.9. The van der Waals surface area contributed by atoms with Gasteiger partial charge in [-0.2, -0.15) is 0 Å². The van der Waals surface area contributed by atoms with E-state index < -0.39 is 11.9 Å². The molecule has 0 saturated carbocycles. The summed E-state index contributed by atoms with van der Waals surface area (Å²) in [6, 6.07) is 20.2. The molecule has 0 aliphatic heterocycles. The van der Waals surface area contributed by atoms with Crippen LogP contribution in [0, 0.1) is 6.92 Å². The molecule has 5 heteroatoms. The summed E-state index contributed by atoms with van der Waals surface area (Å²) in [5.74, 6) is -1.92. The summed E-state index contributed by atoms with van der Waals surface area (Å²) in [5, 5.41) is 20.3. The zero-order valence-electron chi connectivity index (χ0n) is 18.6. The second-order valence-corrected chi connectivity index (χ2v) is 8.21. The van der Waals surface area contributed by atoms with E-state index in [1.165, 1.54) is 0 Å². The molecule has 5 nitrogen and oxygen atoms in total. The Hall–Kier alpha value is -3.99. The van der Waals surface area contributed by atoms with Gasteiger partial charge >= 0.3 is 11.9 Å². The highest BCUT2D eigenvalue weighted by molar-refractivity contribution is 6.04. The van der Waals surface area contributed by atoms with E-state index in [2.05, 4.69) is 6.92 Å². The molecule has 4 rings (SSSR count). The number of benzene rings is 3. The van der Waals surface area contributed by atoms with E-state index >= 15 is 0 Å². The van der Waals surface area contributed by atoms with Crippen molar-refractivity contribution >= 4 is 22.8 Å². The summed E-state index contributed by atoms with van der Waals surface area (Å²) in [7, 11) is 0. The minimum Gasteiger partial charge on any atom is -0.478 e. The van der Waals surface area contributed by atoms with E-state index in [1.54, 1.807) is 18.2 Å². The summed E-state index contributed by atoms with van der Waals surface area (Å²) in [4.78, 5) is 28.7. The van der Waals surface area contributed by atoms with E-state index in [1.807, 2.05) is 55.5 Å². The Morgan fingerprint density at radius 3 is 2.30 bits per heavy atom. The first-order valence-corrected chi connectivity index (χ1v) is 11.0. The first kappa shape index (κ1) is 22.2. The average Bonchev–Trinajstić information content (AvgIpc) is 2.80. The van der Waals surface area contributed by atoms with E-state index in [4.69, 9.17) is 4.98 Å². The molecule has 0 aliphatic rings. The van der Waals surface area contributed by atoms with Crippen molar-refractivity contribution in [2.24, 2.45) is 0 Å². The summed E-state index contributed by atoms with van der Waals surface area (Å²) in [6.07, 6.45) is 2.00. The smallest absolute Gasteiger partial charge is 0.336 e. The Bertz CT molecular complexity index is 1360. The summed E-state index contributed by atoms with van der Waals surface area (Å²) < 4.78 is 0. The maximum absolute atomic E-state index is 12.4. The Morgan fingerprint density at radius 2 is 1.64 bits per heavy atom. The minimum absolute atomic E-state index is 0.248. The quantitative estimate of drug-likeness (QED) is 0.361. The van der Waals surface area contributed by atoms with Crippen LogP contribution in [0.25, 0.3) is 22.0 Å². The molecule has 1 aromatic heterocycles. The van der Waals surface area contributed by atoms with Crippen molar-refractivity contribution in [1.29, 1.82) is 0 Å². The number of aromatic nitrogens is 1. The zero-order valence-corrected chi connectivity index (χ0v) is 18.6. The number of hydrogen-bond acceptors (Lipinski definition) is 3. The molecule has 0 spiro atoms. The third kappa shape index (κ3) is 4.48. The second-order valence-electron chi connectivity index (χ2n) is 8.21. The van der Waals surface area contributed by atoms with Gasteiger partial charge in [0, 0.05) is 17.5 Å². The van der Waals surface area contributed by atoms with Gasteiger partial charge in [0.2, 0.25) is 0 Å². The molecule has 0 radical (unpaired) electrons. The molecule has 0 fully saturated rings. The maximum atomic E-state index is 12.4. The van der Waals surface area contributed by atoms with Crippen molar-refractivity contribution in [2.45, 2.75) is 33.1 Å². The Balaban J connectivity index is 1.79. The van der Waals surface area contributed by atoms with Gasteiger partial charge in [-0.3, -0.25) is 4.98 Å². The predicted molar refractivity (Wildman–Crippen MR) is 129 cm³/mol. The lowest BCUT2D eigenvalue weighted by Crippen LogP contribution is -2.10. The van der Waals surface area contributed by atoms with Crippen LogP contribution in [-0.4, -0.2) is 27.1 Å². The molecule has 1 heterocycles. The van der Waals surface area contributed by atoms with Gasteiger partial charge in [0.1, 0.15) is 0 Å². The molecule has 0 amide bonds. The SMILES string of the molecule is CCCc1nc2ccc(C)cc2c(C(=O)O)c1Cc1ccc(-c2ccccc2C(=O)O)cc1. The Morgan fingerprint density at radius 1 is 0.909 bits per heavy atom. The van der Waals surface area contributed by atoms with Crippen LogP contribution in [0.3, 0.4) is 0 Å². The number of aromatic carboxylic acids is 2. The van der Waals surface area contributed by atoms with E-state index in [9.17, 15) is 19.8 Å². The molecule has 3 aromatic carbocycles. The van der Waals surface area contributed by atoms with Crippen LogP contribution in [0.1, 0.15) is 56.4 Å². The minimum atomic E-state index is -0.970. The number of carbonyl (C=O) groups is 2. The molecular formula is C28H25NO4. The monoisotopic (exact) mass is 439 g/mol. The van der Waals surface area contributed by atoms with Gasteiger partial charge in [-0.05, 0) is 53.8 Å². The highest BCUT2D eigenvalue weighted by Crippen LogP contribution is 2.29. The van der Waals surface area contributed by atoms with E-state index in [0.29, 0.717) is 34.9 Å². The lowest BCUT2D eigenvalue weighted by molar-refractivity contribution is 0.0687. The van der Waals surface area contributed by atoms with Gasteiger partial charge in [0.05, 0.1) is 16.6 Å². The zero-order chi connectivity index (χ0) is 23.5. The van der Waals surface area contributed by atoms with Crippen molar-refractivity contribution < 1.29 is 19.8 Å². The van der Waals surface area contributed by atoms with Gasteiger partial charge in [0.15, 0.2) is 0 Å². The highest BCUT2D eigenvalue weighted by atomic mass is 16.4. The Labute approximate surface area is 192 Å². The van der Waals surface area contributed by atoms with Crippen molar-refractivity contribution in [1.82, 2.24) is 4.98 Å². The molecule has 0 aliphatic carbocycles. The standard InChI is InChI=1S/C28H25NO4/c1-3-6-24-23(26(28(32)33)22-15-17(2)9-14-25(22)29-24)16-18-10-12-19(13-11-18)20-7-4-5-8-21(20)27(30)31/h4-5,7-15H,3,6,16H2,1-2H3,(H,30,31)(H,32,33). The fourth-order valence-electron chi connectivity index (χ4n) is 4.27. The van der Waals surface area contributed by atoms with Gasteiger partial charge in [-0.15, -0.1) is 0 Å². The third-order valence-corrected chi connectivity index (χ3v) is 5.83. The first-order valence-electron chi connectivity index (χ1n) is 11.0. The van der Waals surface area contributed by atoms with E-state index in [0.717, 1.165) is 34.4 Å². The van der Waals surface area contributed by atoms with Crippen LogP contribution in [0.15, 0.2) is 66.7 Å². The number of pyridine rings is 1. The molecule has 0 saturated heterocycles. The van der Waals surface area contributed by atoms with Crippen LogP contribution >= 0.6 is 0 Å². The number of nitrogens with zero attached hydrogens (tertiary/aromatic N) is 1. The number of carboxylic acid groups (broad SMARTS) is 2. The van der Waals surface area contributed by atoms with Gasteiger partial charge in [0.25, 0.3) is 0 Å².